The van der Waals surface area contributed by atoms with E-state index in [1.165, 1.54) is 0 Å². The van der Waals surface area contributed by atoms with Crippen LogP contribution in [0.5, 0.6) is 0 Å². The molecular weight excluding hydrogens is 212 g/mol. The predicted molar refractivity (Wildman–Crippen MR) is 59.7 cm³/mol. The van der Waals surface area contributed by atoms with E-state index in [0.29, 0.717) is 18.2 Å². The highest BCUT2D eigenvalue weighted by Gasteiger charge is 2.11. The molecule has 1 N–H and O–H groups in total. The van der Waals surface area contributed by atoms with E-state index in [9.17, 15) is 0 Å². The minimum atomic E-state index is -0.381. The molecule has 0 saturated carbocycles. The number of rotatable bonds is 5. The Balaban J connectivity index is 2.67. The molecule has 1 aromatic rings. The number of halogens is 1. The van der Waals surface area contributed by atoms with E-state index in [2.05, 4.69) is 11.4 Å². The molecule has 0 radical (unpaired) electrons. The van der Waals surface area contributed by atoms with Crippen molar-refractivity contribution in [3.05, 3.63) is 34.9 Å². The van der Waals surface area contributed by atoms with Crippen LogP contribution in [0.15, 0.2) is 24.3 Å². The van der Waals surface area contributed by atoms with E-state index < -0.39 is 0 Å². The Morgan fingerprint density at radius 3 is 2.87 bits per heavy atom. The molecule has 1 atom stereocenters. The van der Waals surface area contributed by atoms with Crippen molar-refractivity contribution in [2.75, 3.05) is 20.3 Å². The summed E-state index contributed by atoms with van der Waals surface area (Å²) < 4.78 is 4.90. The lowest BCUT2D eigenvalue weighted by Gasteiger charge is -2.12. The van der Waals surface area contributed by atoms with Gasteiger partial charge in [-0.15, -0.1) is 0 Å². The lowest BCUT2D eigenvalue weighted by atomic mass is 10.1. The highest BCUT2D eigenvalue weighted by molar-refractivity contribution is 6.31. The Labute approximate surface area is 94.6 Å². The maximum atomic E-state index is 8.99. The molecule has 0 saturated heterocycles. The normalized spacial score (nSPS) is 12.1. The zero-order valence-electron chi connectivity index (χ0n) is 8.53. The van der Waals surface area contributed by atoms with Gasteiger partial charge in [-0.2, -0.15) is 5.26 Å². The molecule has 0 fully saturated rings. The molecule has 0 aliphatic rings. The maximum absolute atomic E-state index is 8.99. The Kier molecular flexibility index (Phi) is 5.13. The lowest BCUT2D eigenvalue weighted by Crippen LogP contribution is -2.24. The summed E-state index contributed by atoms with van der Waals surface area (Å²) in [7, 11) is 1.62. The van der Waals surface area contributed by atoms with Gasteiger partial charge >= 0.3 is 0 Å². The van der Waals surface area contributed by atoms with Gasteiger partial charge in [-0.1, -0.05) is 29.8 Å². The summed E-state index contributed by atoms with van der Waals surface area (Å²) in [4.78, 5) is 0. The molecule has 4 heteroatoms. The highest BCUT2D eigenvalue weighted by Crippen LogP contribution is 2.21. The second-order valence-electron chi connectivity index (χ2n) is 3.03. The topological polar surface area (TPSA) is 45.0 Å². The predicted octanol–water partition coefficient (Wildman–Crippen LogP) is 2.14. The molecule has 0 aliphatic heterocycles. The van der Waals surface area contributed by atoms with Gasteiger partial charge in [-0.25, -0.2) is 0 Å². The van der Waals surface area contributed by atoms with Crippen LogP contribution in [0.1, 0.15) is 11.6 Å². The van der Waals surface area contributed by atoms with Gasteiger partial charge < -0.3 is 4.74 Å². The SMILES string of the molecule is COCCNC(C#N)c1ccccc1Cl. The van der Waals surface area contributed by atoms with Crippen LogP contribution in [0.3, 0.4) is 0 Å². The van der Waals surface area contributed by atoms with Crippen molar-refractivity contribution in [2.45, 2.75) is 6.04 Å². The molecule has 0 spiro atoms. The van der Waals surface area contributed by atoms with Crippen LogP contribution < -0.4 is 5.32 Å². The van der Waals surface area contributed by atoms with Crippen LogP contribution >= 0.6 is 11.6 Å². The van der Waals surface area contributed by atoms with E-state index in [1.807, 2.05) is 18.2 Å². The standard InChI is InChI=1S/C11H13ClN2O/c1-15-7-6-14-11(8-13)9-4-2-3-5-10(9)12/h2-5,11,14H,6-7H2,1H3. The molecule has 3 nitrogen and oxygen atoms in total. The number of methoxy groups -OCH3 is 1. The number of ether oxygens (including phenoxy) is 1. The van der Waals surface area contributed by atoms with Gasteiger partial charge in [0.25, 0.3) is 0 Å². The fourth-order valence-corrected chi connectivity index (χ4v) is 1.48. The van der Waals surface area contributed by atoms with Crippen LogP contribution in [0.25, 0.3) is 0 Å². The summed E-state index contributed by atoms with van der Waals surface area (Å²) in [5.74, 6) is 0. The Hall–Kier alpha value is -1.08. The third-order valence-electron chi connectivity index (χ3n) is 2.00. The van der Waals surface area contributed by atoms with Crippen LogP contribution in [0, 0.1) is 11.3 Å². The Morgan fingerprint density at radius 1 is 1.53 bits per heavy atom. The van der Waals surface area contributed by atoms with Gasteiger partial charge in [0.05, 0.1) is 12.7 Å². The first-order chi connectivity index (χ1) is 7.29. The lowest BCUT2D eigenvalue weighted by molar-refractivity contribution is 0.198. The molecule has 1 rings (SSSR count). The van der Waals surface area contributed by atoms with Crippen LogP contribution in [-0.4, -0.2) is 20.3 Å². The summed E-state index contributed by atoms with van der Waals surface area (Å²) in [5.41, 5.74) is 0.803. The zero-order valence-corrected chi connectivity index (χ0v) is 9.29. The van der Waals surface area contributed by atoms with E-state index in [1.54, 1.807) is 13.2 Å². The van der Waals surface area contributed by atoms with Crippen molar-refractivity contribution in [3.8, 4) is 6.07 Å². The van der Waals surface area contributed by atoms with Crippen LogP contribution in [0.2, 0.25) is 5.02 Å². The molecule has 0 heterocycles. The smallest absolute Gasteiger partial charge is 0.122 e. The average Bonchev–Trinajstić information content (AvgIpc) is 2.26. The number of benzene rings is 1. The van der Waals surface area contributed by atoms with Gasteiger partial charge in [-0.05, 0) is 6.07 Å². The molecular formula is C11H13ClN2O. The summed E-state index contributed by atoms with van der Waals surface area (Å²) >= 11 is 5.99. The summed E-state index contributed by atoms with van der Waals surface area (Å²) in [6, 6.07) is 9.11. The van der Waals surface area contributed by atoms with E-state index in [0.717, 1.165) is 5.56 Å². The molecule has 0 aromatic heterocycles. The van der Waals surface area contributed by atoms with Gasteiger partial charge in [0.2, 0.25) is 0 Å². The van der Waals surface area contributed by atoms with Crippen molar-refractivity contribution in [1.82, 2.24) is 5.32 Å². The van der Waals surface area contributed by atoms with E-state index in [-0.39, 0.29) is 6.04 Å². The van der Waals surface area contributed by atoms with Crippen LogP contribution in [0.4, 0.5) is 0 Å². The second-order valence-corrected chi connectivity index (χ2v) is 3.44. The van der Waals surface area contributed by atoms with E-state index in [4.69, 9.17) is 21.6 Å². The van der Waals surface area contributed by atoms with Crippen molar-refractivity contribution in [2.24, 2.45) is 0 Å². The summed E-state index contributed by atoms with van der Waals surface area (Å²) in [5, 5.41) is 12.7. The summed E-state index contributed by atoms with van der Waals surface area (Å²) in [6.07, 6.45) is 0. The minimum absolute atomic E-state index is 0.381. The molecule has 0 aliphatic carbocycles. The average molecular weight is 225 g/mol. The first kappa shape index (κ1) is 12.0. The van der Waals surface area contributed by atoms with E-state index >= 15 is 0 Å². The van der Waals surface area contributed by atoms with Crippen molar-refractivity contribution < 1.29 is 4.74 Å². The minimum Gasteiger partial charge on any atom is -0.383 e. The Bertz CT molecular complexity index is 349. The zero-order chi connectivity index (χ0) is 11.1. The Morgan fingerprint density at radius 2 is 2.27 bits per heavy atom. The quantitative estimate of drug-likeness (QED) is 0.780. The number of nitrogens with one attached hydrogen (secondary N) is 1. The molecule has 1 aromatic carbocycles. The molecule has 1 unspecified atom stereocenters. The van der Waals surface area contributed by atoms with Gasteiger partial charge in [0, 0.05) is 24.2 Å². The monoisotopic (exact) mass is 224 g/mol. The molecule has 0 amide bonds. The molecule has 80 valence electrons. The number of hydrogen-bond acceptors (Lipinski definition) is 3. The first-order valence-electron chi connectivity index (χ1n) is 4.66. The molecule has 0 bridgehead atoms. The molecule has 15 heavy (non-hydrogen) atoms. The third kappa shape index (κ3) is 3.52. The van der Waals surface area contributed by atoms with Crippen LogP contribution in [-0.2, 0) is 4.74 Å². The second kappa shape index (κ2) is 6.41. The fraction of sp³-hybridized carbons (Fsp3) is 0.364. The number of nitriles is 1. The maximum Gasteiger partial charge on any atom is 0.122 e. The van der Waals surface area contributed by atoms with Crippen molar-refractivity contribution >= 4 is 11.6 Å². The van der Waals surface area contributed by atoms with Crippen molar-refractivity contribution in [1.29, 1.82) is 5.26 Å². The summed E-state index contributed by atoms with van der Waals surface area (Å²) in [6.45, 7) is 1.20. The third-order valence-corrected chi connectivity index (χ3v) is 2.34. The number of hydrogen-bond donors (Lipinski definition) is 1. The first-order valence-corrected chi connectivity index (χ1v) is 5.03. The highest BCUT2D eigenvalue weighted by atomic mass is 35.5. The largest absolute Gasteiger partial charge is 0.383 e. The van der Waals surface area contributed by atoms with Gasteiger partial charge in [0.1, 0.15) is 6.04 Å². The van der Waals surface area contributed by atoms with Gasteiger partial charge in [0.15, 0.2) is 0 Å². The fourth-order valence-electron chi connectivity index (χ4n) is 1.24. The number of nitrogens with zero attached hydrogens (tertiary/aromatic N) is 1. The van der Waals surface area contributed by atoms with Gasteiger partial charge in [-0.3, -0.25) is 5.32 Å². The van der Waals surface area contributed by atoms with Crippen molar-refractivity contribution in [3.63, 3.8) is 0 Å².